The Hall–Kier alpha value is -4.35. The first-order chi connectivity index (χ1) is 25.5. The van der Waals surface area contributed by atoms with Gasteiger partial charge in [-0.25, -0.2) is 18.0 Å². The van der Waals surface area contributed by atoms with Crippen molar-refractivity contribution in [2.24, 2.45) is 17.8 Å². The molecule has 2 heterocycles. The molecular formula is C37H49F3N4O10S. The Balaban J connectivity index is 1.48. The van der Waals surface area contributed by atoms with Gasteiger partial charge in [0.25, 0.3) is 5.91 Å². The highest BCUT2D eigenvalue weighted by molar-refractivity contribution is 7.91. The van der Waals surface area contributed by atoms with Crippen LogP contribution in [0.25, 0.3) is 0 Å². The summed E-state index contributed by atoms with van der Waals surface area (Å²) in [6.45, 7) is 6.05. The predicted octanol–water partition coefficient (Wildman–Crippen LogP) is 4.14. The van der Waals surface area contributed by atoms with E-state index < -0.39 is 91.9 Å². The molecule has 2 aliphatic heterocycles. The van der Waals surface area contributed by atoms with Gasteiger partial charge in [0.05, 0.1) is 24.0 Å². The van der Waals surface area contributed by atoms with E-state index in [9.17, 15) is 45.6 Å². The van der Waals surface area contributed by atoms with Gasteiger partial charge in [-0.05, 0) is 95.4 Å². The van der Waals surface area contributed by atoms with Crippen LogP contribution in [0.1, 0.15) is 89.9 Å². The van der Waals surface area contributed by atoms with Gasteiger partial charge in [-0.3, -0.25) is 19.1 Å². The zero-order chi connectivity index (χ0) is 40.7. The Morgan fingerprint density at radius 2 is 1.69 bits per heavy atom. The molecule has 7 atom stereocenters. The van der Waals surface area contributed by atoms with Crippen molar-refractivity contribution >= 4 is 39.8 Å². The highest BCUT2D eigenvalue weighted by atomic mass is 32.2. The Labute approximate surface area is 318 Å². The Bertz CT molecular complexity index is 1810. The lowest BCUT2D eigenvalue weighted by Gasteiger charge is -2.34. The van der Waals surface area contributed by atoms with Gasteiger partial charge in [-0.15, -0.1) is 0 Å². The van der Waals surface area contributed by atoms with E-state index in [0.29, 0.717) is 51.7 Å². The fraction of sp³-hybridized carbons (Fsp3) is 0.649. The average Bonchev–Trinajstić information content (AvgIpc) is 3.98. The molecule has 18 heteroatoms. The van der Waals surface area contributed by atoms with Gasteiger partial charge in [0.1, 0.15) is 29.5 Å². The van der Waals surface area contributed by atoms with Crippen LogP contribution in [-0.2, 0) is 33.9 Å². The number of carbonyl (C=O) groups is 5. The van der Waals surface area contributed by atoms with Gasteiger partial charge in [0.15, 0.2) is 0 Å². The quantitative estimate of drug-likeness (QED) is 0.255. The summed E-state index contributed by atoms with van der Waals surface area (Å²) in [5.41, 5.74) is -4.44. The molecular weight excluding hydrogens is 749 g/mol. The van der Waals surface area contributed by atoms with E-state index in [2.05, 4.69) is 15.4 Å². The number of halogens is 3. The summed E-state index contributed by atoms with van der Waals surface area (Å²) in [6.07, 6.45) is -1.94. The number of methoxy groups -OCH3 is 1. The topological polar surface area (TPSA) is 187 Å². The molecule has 1 aromatic carbocycles. The number of amides is 4. The van der Waals surface area contributed by atoms with Crippen molar-refractivity contribution in [3.8, 4) is 5.75 Å². The van der Waals surface area contributed by atoms with Crippen molar-refractivity contribution in [3.05, 3.63) is 42.0 Å². The Kier molecular flexibility index (Phi) is 11.6. The molecule has 0 radical (unpaired) electrons. The first-order valence-electron chi connectivity index (χ1n) is 18.3. The number of hydrogen-bond acceptors (Lipinski definition) is 10. The number of sulfonamides is 1. The minimum absolute atomic E-state index is 0.0615. The number of nitrogens with one attached hydrogen (secondary N) is 3. The van der Waals surface area contributed by atoms with E-state index in [1.54, 1.807) is 25.1 Å². The normalized spacial score (nSPS) is 29.7. The van der Waals surface area contributed by atoms with Crippen LogP contribution < -0.4 is 20.1 Å². The molecule has 3 fully saturated rings. The SMILES string of the molecule is COc1ccc(C(=O)OC2CC3C(=O)NC4(C(=O)NS(=O)(=O)C5(C)CC5)CC4C=CCCC(C)CC(C)C(NC(=O)OC(C)(C)C(F)(F)F)C(=O)N3C2)cc1. The molecule has 7 unspecified atom stereocenters. The zero-order valence-electron chi connectivity index (χ0n) is 31.7. The number of rotatable bonds is 8. The first-order valence-corrected chi connectivity index (χ1v) is 19.8. The number of benzene rings is 1. The minimum atomic E-state index is -4.93. The zero-order valence-corrected chi connectivity index (χ0v) is 32.5. The molecule has 4 amide bonds. The van der Waals surface area contributed by atoms with Crippen LogP contribution >= 0.6 is 0 Å². The largest absolute Gasteiger partial charge is 0.497 e. The molecule has 0 spiro atoms. The standard InChI is InChI=1S/C37H49F3N4O10S/c1-21-9-7-8-10-24-19-36(24,32(48)43-55(50,51)35(5)15-16-35)42-29(45)27-18-26(53-31(47)23-11-13-25(52-6)14-12-23)20-44(27)30(46)28(22(2)17-21)41-33(49)54-34(3,4)37(38,39)40/h8,10-14,21-22,24,26-28H,7,9,15-20H2,1-6H3,(H,41,49)(H,42,45)(H,43,48). The third-order valence-electron chi connectivity index (χ3n) is 11.2. The molecule has 1 saturated heterocycles. The van der Waals surface area contributed by atoms with Gasteiger partial charge in [0.2, 0.25) is 27.4 Å². The van der Waals surface area contributed by atoms with E-state index in [1.165, 1.54) is 26.2 Å². The van der Waals surface area contributed by atoms with E-state index in [0.717, 1.165) is 4.90 Å². The van der Waals surface area contributed by atoms with Crippen LogP contribution in [0.4, 0.5) is 18.0 Å². The lowest BCUT2D eigenvalue weighted by molar-refractivity contribution is -0.244. The van der Waals surface area contributed by atoms with Crippen LogP contribution in [0.5, 0.6) is 5.75 Å². The molecule has 14 nitrogen and oxygen atoms in total. The lowest BCUT2D eigenvalue weighted by Crippen LogP contribution is -2.59. The molecule has 3 N–H and O–H groups in total. The molecule has 304 valence electrons. The number of nitrogens with zero attached hydrogens (tertiary/aromatic N) is 1. The lowest BCUT2D eigenvalue weighted by atomic mass is 9.88. The Morgan fingerprint density at radius 3 is 2.29 bits per heavy atom. The van der Waals surface area contributed by atoms with E-state index in [4.69, 9.17) is 14.2 Å². The summed E-state index contributed by atoms with van der Waals surface area (Å²) >= 11 is 0. The summed E-state index contributed by atoms with van der Waals surface area (Å²) in [7, 11) is -2.64. The van der Waals surface area contributed by atoms with E-state index in [-0.39, 0.29) is 30.9 Å². The van der Waals surface area contributed by atoms with Crippen molar-refractivity contribution in [2.45, 2.75) is 120 Å². The number of alkyl carbamates (subject to hydrolysis) is 1. The van der Waals surface area contributed by atoms with Gasteiger partial charge < -0.3 is 29.7 Å². The second-order valence-corrected chi connectivity index (χ2v) is 18.2. The molecule has 0 bridgehead atoms. The number of alkyl halides is 3. The van der Waals surface area contributed by atoms with Crippen molar-refractivity contribution in [2.75, 3.05) is 13.7 Å². The molecule has 4 aliphatic rings. The third-order valence-corrected chi connectivity index (χ3v) is 13.3. The van der Waals surface area contributed by atoms with Crippen LogP contribution in [0.15, 0.2) is 36.4 Å². The molecule has 2 saturated carbocycles. The predicted molar refractivity (Wildman–Crippen MR) is 191 cm³/mol. The highest BCUT2D eigenvalue weighted by Crippen LogP contribution is 2.47. The summed E-state index contributed by atoms with van der Waals surface area (Å²) in [5, 5.41) is 5.03. The van der Waals surface area contributed by atoms with Crippen molar-refractivity contribution < 1.29 is 59.8 Å². The summed E-state index contributed by atoms with van der Waals surface area (Å²) in [4.78, 5) is 69.9. The monoisotopic (exact) mass is 798 g/mol. The van der Waals surface area contributed by atoms with Crippen LogP contribution in [0.3, 0.4) is 0 Å². The van der Waals surface area contributed by atoms with Crippen molar-refractivity contribution in [1.82, 2.24) is 20.3 Å². The van der Waals surface area contributed by atoms with E-state index >= 15 is 0 Å². The minimum Gasteiger partial charge on any atom is -0.497 e. The van der Waals surface area contributed by atoms with Crippen molar-refractivity contribution in [3.63, 3.8) is 0 Å². The summed E-state index contributed by atoms with van der Waals surface area (Å²) in [6, 6.07) is 3.11. The molecule has 2 aliphatic carbocycles. The van der Waals surface area contributed by atoms with Gasteiger partial charge in [-0.1, -0.05) is 26.0 Å². The van der Waals surface area contributed by atoms with Gasteiger partial charge in [0, 0.05) is 12.3 Å². The number of allylic oxidation sites excluding steroid dienone is 1. The maximum atomic E-state index is 14.5. The molecule has 55 heavy (non-hydrogen) atoms. The number of fused-ring (bicyclic) bond motifs is 2. The molecule has 1 aromatic rings. The number of ether oxygens (including phenoxy) is 3. The Morgan fingerprint density at radius 1 is 1.04 bits per heavy atom. The van der Waals surface area contributed by atoms with Crippen molar-refractivity contribution in [1.29, 1.82) is 0 Å². The maximum absolute atomic E-state index is 14.5. The summed E-state index contributed by atoms with van der Waals surface area (Å²) < 4.78 is 83.8. The average molecular weight is 799 g/mol. The van der Waals surface area contributed by atoms with Crippen LogP contribution in [-0.4, -0.2) is 97.0 Å². The van der Waals surface area contributed by atoms with E-state index in [1.807, 2.05) is 13.0 Å². The van der Waals surface area contributed by atoms with Gasteiger partial charge >= 0.3 is 18.2 Å². The second-order valence-electron chi connectivity index (χ2n) is 16.0. The summed E-state index contributed by atoms with van der Waals surface area (Å²) in [5.74, 6) is -4.25. The smallest absolute Gasteiger partial charge is 0.427 e. The maximum Gasteiger partial charge on any atom is 0.427 e. The van der Waals surface area contributed by atoms with Crippen LogP contribution in [0, 0.1) is 17.8 Å². The highest BCUT2D eigenvalue weighted by Gasteiger charge is 2.63. The molecule has 5 rings (SSSR count). The fourth-order valence-electron chi connectivity index (χ4n) is 6.99. The number of hydrogen-bond donors (Lipinski definition) is 3. The fourth-order valence-corrected chi connectivity index (χ4v) is 8.30. The van der Waals surface area contributed by atoms with Crippen LogP contribution in [0.2, 0.25) is 0 Å². The second kappa shape index (κ2) is 15.3. The number of carbonyl (C=O) groups excluding carboxylic acids is 5. The third kappa shape index (κ3) is 9.04. The first kappa shape index (κ1) is 41.8. The van der Waals surface area contributed by atoms with Gasteiger partial charge in [-0.2, -0.15) is 13.2 Å². The molecule has 0 aromatic heterocycles. The number of esters is 1.